The molecule has 52 valence electrons. The lowest BCUT2D eigenvalue weighted by Crippen LogP contribution is -2.14. The van der Waals surface area contributed by atoms with Crippen LogP contribution in [0.3, 0.4) is 0 Å². The molecule has 0 bridgehead atoms. The van der Waals surface area contributed by atoms with E-state index < -0.39 is 0 Å². The van der Waals surface area contributed by atoms with Crippen molar-refractivity contribution in [3.05, 3.63) is 36.6 Å². The number of nitrogens with one attached hydrogen (secondary N) is 1. The maximum atomic E-state index is 10.7. The third-order valence-electron chi connectivity index (χ3n) is 1.11. The molecule has 2 heteroatoms. The van der Waals surface area contributed by atoms with Gasteiger partial charge < -0.3 is 5.32 Å². The van der Waals surface area contributed by atoms with Crippen LogP contribution < -0.4 is 5.32 Å². The quantitative estimate of drug-likeness (QED) is 0.530. The van der Waals surface area contributed by atoms with Crippen molar-refractivity contribution >= 4 is 5.91 Å². The number of amides is 1. The Balaban J connectivity index is 2.61. The molecule has 0 saturated heterocycles. The summed E-state index contributed by atoms with van der Waals surface area (Å²) in [6.45, 7) is 0. The summed E-state index contributed by atoms with van der Waals surface area (Å²) in [5.74, 6) is 0.0243. The first-order valence-electron chi connectivity index (χ1n) is 3.17. The monoisotopic (exact) mass is 135 g/mol. The van der Waals surface area contributed by atoms with Gasteiger partial charge in [-0.3, -0.25) is 4.79 Å². The van der Waals surface area contributed by atoms with Crippen LogP contribution in [0.4, 0.5) is 0 Å². The highest BCUT2D eigenvalue weighted by Gasteiger charge is 1.92. The van der Waals surface area contributed by atoms with Crippen molar-refractivity contribution in [2.75, 3.05) is 0 Å². The van der Waals surface area contributed by atoms with E-state index in [4.69, 9.17) is 0 Å². The summed E-state index contributed by atoms with van der Waals surface area (Å²) in [5, 5.41) is 2.60. The van der Waals surface area contributed by atoms with Gasteiger partial charge in [-0.25, -0.2) is 0 Å². The molecular weight excluding hydrogens is 126 g/mol. The number of carbonyl (C=O) groups is 1. The van der Waals surface area contributed by atoms with Crippen molar-refractivity contribution in [2.24, 2.45) is 0 Å². The number of rotatable bonds is 0. The van der Waals surface area contributed by atoms with Crippen molar-refractivity contribution in [3.8, 4) is 0 Å². The minimum absolute atomic E-state index is 0.0243. The van der Waals surface area contributed by atoms with E-state index in [0.29, 0.717) is 6.42 Å². The van der Waals surface area contributed by atoms with Crippen molar-refractivity contribution in [2.45, 2.75) is 6.42 Å². The Hall–Kier alpha value is -1.31. The van der Waals surface area contributed by atoms with Gasteiger partial charge in [-0.15, -0.1) is 0 Å². The van der Waals surface area contributed by atoms with Gasteiger partial charge in [-0.05, 0) is 6.08 Å². The van der Waals surface area contributed by atoms with Gasteiger partial charge in [0.05, 0.1) is 0 Å². The molecule has 1 heterocycles. The minimum atomic E-state index is 0.0243. The normalized spacial score (nSPS) is 27.0. The van der Waals surface area contributed by atoms with E-state index in [1.807, 2.05) is 24.3 Å². The average molecular weight is 135 g/mol. The highest BCUT2D eigenvalue weighted by molar-refractivity contribution is 5.78. The Bertz CT molecular complexity index is 181. The zero-order valence-corrected chi connectivity index (χ0v) is 5.58. The van der Waals surface area contributed by atoms with E-state index in [1.54, 1.807) is 12.3 Å². The highest BCUT2D eigenvalue weighted by atomic mass is 16.1. The predicted octanol–water partition coefficient (Wildman–Crippen LogP) is 1.13. The van der Waals surface area contributed by atoms with E-state index in [-0.39, 0.29) is 5.91 Å². The molecule has 0 atom stereocenters. The zero-order chi connectivity index (χ0) is 7.23. The third-order valence-corrected chi connectivity index (χ3v) is 1.11. The van der Waals surface area contributed by atoms with E-state index in [2.05, 4.69) is 5.32 Å². The van der Waals surface area contributed by atoms with Gasteiger partial charge in [0.25, 0.3) is 0 Å². The molecule has 1 rings (SSSR count). The topological polar surface area (TPSA) is 29.1 Å². The lowest BCUT2D eigenvalue weighted by atomic mass is 10.3. The van der Waals surface area contributed by atoms with Crippen LogP contribution in [0.15, 0.2) is 36.6 Å². The van der Waals surface area contributed by atoms with E-state index in [1.165, 1.54) is 0 Å². The Morgan fingerprint density at radius 1 is 1.20 bits per heavy atom. The van der Waals surface area contributed by atoms with Gasteiger partial charge >= 0.3 is 0 Å². The Kier molecular flexibility index (Phi) is 2.49. The molecule has 1 amide bonds. The second-order valence-electron chi connectivity index (χ2n) is 1.94. The summed E-state index contributed by atoms with van der Waals surface area (Å²) >= 11 is 0. The summed E-state index contributed by atoms with van der Waals surface area (Å²) in [6, 6.07) is 0. The molecule has 0 aromatic carbocycles. The second kappa shape index (κ2) is 3.67. The minimum Gasteiger partial charge on any atom is -0.332 e. The van der Waals surface area contributed by atoms with Crippen LogP contribution in [-0.2, 0) is 4.79 Å². The third kappa shape index (κ3) is 2.31. The summed E-state index contributed by atoms with van der Waals surface area (Å²) in [4.78, 5) is 10.7. The molecule has 0 radical (unpaired) electrons. The smallest absolute Gasteiger partial charge is 0.227 e. The van der Waals surface area contributed by atoms with Gasteiger partial charge in [0.2, 0.25) is 5.91 Å². The van der Waals surface area contributed by atoms with Crippen LogP contribution in [0, 0.1) is 0 Å². The highest BCUT2D eigenvalue weighted by Crippen LogP contribution is 1.88. The van der Waals surface area contributed by atoms with Gasteiger partial charge in [0.15, 0.2) is 0 Å². The first-order chi connectivity index (χ1) is 4.89. The molecule has 0 unspecified atom stereocenters. The van der Waals surface area contributed by atoms with Crippen LogP contribution in [-0.4, -0.2) is 5.91 Å². The van der Waals surface area contributed by atoms with Crippen LogP contribution in [0.5, 0.6) is 0 Å². The van der Waals surface area contributed by atoms with Crippen LogP contribution >= 0.6 is 0 Å². The number of carbonyl (C=O) groups excluding carboxylic acids is 1. The van der Waals surface area contributed by atoms with Crippen LogP contribution in [0.1, 0.15) is 6.42 Å². The van der Waals surface area contributed by atoms with Gasteiger partial charge in [0, 0.05) is 12.6 Å². The molecule has 1 N–H and O–H groups in total. The fraction of sp³-hybridized carbons (Fsp3) is 0.125. The molecule has 1 aliphatic rings. The molecule has 10 heavy (non-hydrogen) atoms. The predicted molar refractivity (Wildman–Crippen MR) is 40.2 cm³/mol. The molecule has 2 nitrogen and oxygen atoms in total. The Labute approximate surface area is 59.9 Å². The summed E-state index contributed by atoms with van der Waals surface area (Å²) in [5.41, 5.74) is 0. The van der Waals surface area contributed by atoms with Crippen molar-refractivity contribution in [1.29, 1.82) is 0 Å². The number of hydrogen-bond donors (Lipinski definition) is 1. The lowest BCUT2D eigenvalue weighted by molar-refractivity contribution is -0.119. The molecule has 0 fully saturated rings. The molecule has 0 aliphatic carbocycles. The summed E-state index contributed by atoms with van der Waals surface area (Å²) in [7, 11) is 0. The van der Waals surface area contributed by atoms with Crippen LogP contribution in [0.2, 0.25) is 0 Å². The fourth-order valence-corrected chi connectivity index (χ4v) is 0.637. The van der Waals surface area contributed by atoms with Crippen molar-refractivity contribution in [1.82, 2.24) is 5.32 Å². The second-order valence-corrected chi connectivity index (χ2v) is 1.94. The molecule has 0 spiro atoms. The molecular formula is C8H9NO. The zero-order valence-electron chi connectivity index (χ0n) is 5.58. The largest absolute Gasteiger partial charge is 0.332 e. The SMILES string of the molecule is O=C1C/C=C/C=C\C=C\N1. The maximum absolute atomic E-state index is 10.7. The fourth-order valence-electron chi connectivity index (χ4n) is 0.637. The Morgan fingerprint density at radius 2 is 2.00 bits per heavy atom. The first kappa shape index (κ1) is 6.81. The first-order valence-corrected chi connectivity index (χ1v) is 3.17. The summed E-state index contributed by atoms with van der Waals surface area (Å²) in [6.07, 6.45) is 11.3. The average Bonchev–Trinajstić information content (AvgIpc) is 2.02. The Morgan fingerprint density at radius 3 is 2.90 bits per heavy atom. The number of hydrogen-bond acceptors (Lipinski definition) is 1. The molecule has 1 aliphatic heterocycles. The van der Waals surface area contributed by atoms with Crippen molar-refractivity contribution in [3.63, 3.8) is 0 Å². The molecule has 0 saturated carbocycles. The van der Waals surface area contributed by atoms with E-state index in [0.717, 1.165) is 0 Å². The standard InChI is InChI=1S/C8H9NO/c10-8-6-4-2-1-3-5-7-9-8/h1-5,7H,6H2,(H,9,10)/b3-1-,4-2+,7-5+. The van der Waals surface area contributed by atoms with Gasteiger partial charge in [0.1, 0.15) is 0 Å². The van der Waals surface area contributed by atoms with E-state index in [9.17, 15) is 4.79 Å². The van der Waals surface area contributed by atoms with E-state index >= 15 is 0 Å². The summed E-state index contributed by atoms with van der Waals surface area (Å²) < 4.78 is 0. The number of allylic oxidation sites excluding steroid dienone is 4. The molecule has 0 aromatic heterocycles. The van der Waals surface area contributed by atoms with Gasteiger partial charge in [-0.1, -0.05) is 24.3 Å². The maximum Gasteiger partial charge on any atom is 0.227 e. The molecule has 0 aromatic rings. The van der Waals surface area contributed by atoms with Crippen molar-refractivity contribution < 1.29 is 4.79 Å². The van der Waals surface area contributed by atoms with Crippen LogP contribution in [0.25, 0.3) is 0 Å². The van der Waals surface area contributed by atoms with Gasteiger partial charge in [-0.2, -0.15) is 0 Å². The lowest BCUT2D eigenvalue weighted by Gasteiger charge is -1.91.